The topological polar surface area (TPSA) is 143 Å². The zero-order valence-electron chi connectivity index (χ0n) is 20.1. The number of carboxylic acid groups (broad SMARTS) is 1. The highest BCUT2D eigenvalue weighted by Crippen LogP contribution is 2.13. The molecule has 0 aliphatic heterocycles. The Morgan fingerprint density at radius 3 is 1.94 bits per heavy atom. The largest absolute Gasteiger partial charge is 0.478 e. The second-order valence-electron chi connectivity index (χ2n) is 9.50. The van der Waals surface area contributed by atoms with Gasteiger partial charge in [0, 0.05) is 12.2 Å². The molecule has 10 nitrogen and oxygen atoms in total. The predicted molar refractivity (Wildman–Crippen MR) is 123 cm³/mol. The molecule has 4 N–H and O–H groups in total. The van der Waals surface area contributed by atoms with E-state index in [9.17, 15) is 19.2 Å². The minimum absolute atomic E-state index is 0.0916. The Labute approximate surface area is 194 Å². The second kappa shape index (κ2) is 12.1. The third-order valence-corrected chi connectivity index (χ3v) is 3.99. The summed E-state index contributed by atoms with van der Waals surface area (Å²) in [4.78, 5) is 47.7. The predicted octanol–water partition coefficient (Wildman–Crippen LogP) is 3.91. The summed E-state index contributed by atoms with van der Waals surface area (Å²) in [6.45, 7) is 10.8. The summed E-state index contributed by atoms with van der Waals surface area (Å²) in [7, 11) is 0. The maximum Gasteiger partial charge on any atom is 0.408 e. The van der Waals surface area contributed by atoms with E-state index in [1.165, 1.54) is 24.3 Å². The van der Waals surface area contributed by atoms with Gasteiger partial charge in [-0.2, -0.15) is 0 Å². The molecule has 0 saturated carbocycles. The van der Waals surface area contributed by atoms with E-state index in [0.29, 0.717) is 31.5 Å². The minimum Gasteiger partial charge on any atom is -0.478 e. The summed E-state index contributed by atoms with van der Waals surface area (Å²) in [5, 5.41) is 16.9. The number of benzene rings is 1. The number of rotatable bonds is 9. The summed E-state index contributed by atoms with van der Waals surface area (Å²) < 4.78 is 10.4. The molecule has 0 aliphatic rings. The zero-order chi connectivity index (χ0) is 25.2. The Hall–Kier alpha value is -3.30. The van der Waals surface area contributed by atoms with Gasteiger partial charge >= 0.3 is 18.2 Å². The van der Waals surface area contributed by atoms with Crippen molar-refractivity contribution in [1.29, 1.82) is 0 Å². The van der Waals surface area contributed by atoms with Crippen LogP contribution in [0.3, 0.4) is 0 Å². The quantitative estimate of drug-likeness (QED) is 0.405. The van der Waals surface area contributed by atoms with E-state index in [2.05, 4.69) is 16.0 Å². The average Bonchev–Trinajstić information content (AvgIpc) is 2.64. The Kier molecular flexibility index (Phi) is 10.2. The van der Waals surface area contributed by atoms with Crippen molar-refractivity contribution in [1.82, 2.24) is 10.6 Å². The van der Waals surface area contributed by atoms with Gasteiger partial charge in [-0.15, -0.1) is 0 Å². The van der Waals surface area contributed by atoms with Gasteiger partial charge in [0.05, 0.1) is 5.56 Å². The van der Waals surface area contributed by atoms with E-state index < -0.39 is 41.3 Å². The molecule has 1 aromatic carbocycles. The molecule has 1 rings (SSSR count). The average molecular weight is 466 g/mol. The van der Waals surface area contributed by atoms with Crippen molar-refractivity contribution >= 4 is 29.8 Å². The maximum absolute atomic E-state index is 12.8. The van der Waals surface area contributed by atoms with Gasteiger partial charge in [0.1, 0.15) is 17.2 Å². The molecule has 0 saturated heterocycles. The third-order valence-electron chi connectivity index (χ3n) is 3.99. The van der Waals surface area contributed by atoms with Crippen LogP contribution in [0.1, 0.15) is 71.2 Å². The van der Waals surface area contributed by atoms with Crippen LogP contribution in [-0.4, -0.2) is 53.0 Å². The molecular weight excluding hydrogens is 430 g/mol. The fraction of sp³-hybridized carbons (Fsp3) is 0.565. The Morgan fingerprint density at radius 1 is 0.879 bits per heavy atom. The molecule has 0 aromatic heterocycles. The number of carboxylic acids is 1. The molecule has 0 heterocycles. The highest BCUT2D eigenvalue weighted by molar-refractivity contribution is 5.97. The number of carbonyl (C=O) groups is 4. The van der Waals surface area contributed by atoms with Crippen molar-refractivity contribution in [2.75, 3.05) is 11.9 Å². The monoisotopic (exact) mass is 465 g/mol. The molecule has 184 valence electrons. The lowest BCUT2D eigenvalue weighted by Gasteiger charge is -2.23. The van der Waals surface area contributed by atoms with Crippen molar-refractivity contribution in [2.24, 2.45) is 0 Å². The van der Waals surface area contributed by atoms with E-state index >= 15 is 0 Å². The summed E-state index contributed by atoms with van der Waals surface area (Å²) in [5.41, 5.74) is -0.830. The normalized spacial score (nSPS) is 12.3. The SMILES string of the molecule is CC(C)(C)OC(=O)NCCCC[C@H](NC(=O)OC(C)(C)C)C(=O)Nc1ccc(C(=O)O)cc1. The van der Waals surface area contributed by atoms with Crippen molar-refractivity contribution in [2.45, 2.75) is 78.0 Å². The molecule has 0 bridgehead atoms. The van der Waals surface area contributed by atoms with Crippen LogP contribution >= 0.6 is 0 Å². The number of nitrogens with one attached hydrogen (secondary N) is 3. The molecule has 0 fully saturated rings. The number of carbonyl (C=O) groups excluding carboxylic acids is 3. The molecule has 0 unspecified atom stereocenters. The van der Waals surface area contributed by atoms with E-state index in [4.69, 9.17) is 14.6 Å². The smallest absolute Gasteiger partial charge is 0.408 e. The van der Waals surface area contributed by atoms with Crippen LogP contribution in [-0.2, 0) is 14.3 Å². The Bertz CT molecular complexity index is 824. The molecule has 10 heteroatoms. The van der Waals surface area contributed by atoms with Crippen LogP contribution in [0, 0.1) is 0 Å². The summed E-state index contributed by atoms with van der Waals surface area (Å²) in [5.74, 6) is -1.54. The van der Waals surface area contributed by atoms with Gasteiger partial charge in [-0.05, 0) is 85.1 Å². The van der Waals surface area contributed by atoms with Crippen molar-refractivity contribution in [3.05, 3.63) is 29.8 Å². The van der Waals surface area contributed by atoms with Gasteiger partial charge in [-0.3, -0.25) is 4.79 Å². The summed E-state index contributed by atoms with van der Waals surface area (Å²) in [6.07, 6.45) is 0.145. The summed E-state index contributed by atoms with van der Waals surface area (Å²) in [6, 6.07) is 4.79. The zero-order valence-corrected chi connectivity index (χ0v) is 20.1. The van der Waals surface area contributed by atoms with Gasteiger partial charge in [-0.1, -0.05) is 0 Å². The van der Waals surface area contributed by atoms with Crippen LogP contribution in [0.25, 0.3) is 0 Å². The summed E-state index contributed by atoms with van der Waals surface area (Å²) >= 11 is 0. The molecule has 0 radical (unpaired) electrons. The Balaban J connectivity index is 2.68. The van der Waals surface area contributed by atoms with Crippen molar-refractivity contribution < 1.29 is 33.8 Å². The van der Waals surface area contributed by atoms with Gasteiger partial charge in [-0.25, -0.2) is 14.4 Å². The molecular formula is C23H35N3O7. The molecule has 3 amide bonds. The van der Waals surface area contributed by atoms with E-state index in [1.54, 1.807) is 41.5 Å². The van der Waals surface area contributed by atoms with E-state index in [-0.39, 0.29) is 5.56 Å². The maximum atomic E-state index is 12.8. The van der Waals surface area contributed by atoms with Crippen LogP contribution in [0.2, 0.25) is 0 Å². The van der Waals surface area contributed by atoms with E-state index in [1.807, 2.05) is 0 Å². The number of alkyl carbamates (subject to hydrolysis) is 2. The van der Waals surface area contributed by atoms with Gasteiger partial charge in [0.15, 0.2) is 0 Å². The number of hydrogen-bond acceptors (Lipinski definition) is 6. The number of anilines is 1. The first kappa shape index (κ1) is 27.7. The Morgan fingerprint density at radius 2 is 1.42 bits per heavy atom. The molecule has 0 spiro atoms. The lowest BCUT2D eigenvalue weighted by Crippen LogP contribution is -2.45. The first-order chi connectivity index (χ1) is 15.2. The molecule has 33 heavy (non-hydrogen) atoms. The molecule has 1 aromatic rings. The number of hydrogen-bond donors (Lipinski definition) is 4. The lowest BCUT2D eigenvalue weighted by atomic mass is 10.1. The van der Waals surface area contributed by atoms with Gasteiger partial charge in [0.25, 0.3) is 0 Å². The second-order valence-corrected chi connectivity index (χ2v) is 9.50. The molecule has 1 atom stereocenters. The highest BCUT2D eigenvalue weighted by atomic mass is 16.6. The fourth-order valence-electron chi connectivity index (χ4n) is 2.62. The number of aromatic carboxylic acids is 1. The molecule has 0 aliphatic carbocycles. The number of unbranched alkanes of at least 4 members (excludes halogenated alkanes) is 1. The number of amides is 3. The van der Waals surface area contributed by atoms with E-state index in [0.717, 1.165) is 0 Å². The first-order valence-electron chi connectivity index (χ1n) is 10.8. The highest BCUT2D eigenvalue weighted by Gasteiger charge is 2.24. The van der Waals surface area contributed by atoms with Gasteiger partial charge in [0.2, 0.25) is 5.91 Å². The number of ether oxygens (including phenoxy) is 2. The standard InChI is InChI=1S/C23H35N3O7/c1-22(2,3)32-20(30)24-14-8-7-9-17(26-21(31)33-23(4,5)6)18(27)25-16-12-10-15(11-13-16)19(28)29/h10-13,17H,7-9,14H2,1-6H3,(H,24,30)(H,25,27)(H,26,31)(H,28,29)/t17-/m0/s1. The fourth-order valence-corrected chi connectivity index (χ4v) is 2.62. The van der Waals surface area contributed by atoms with Crippen LogP contribution in [0.4, 0.5) is 15.3 Å². The van der Waals surface area contributed by atoms with Crippen LogP contribution in [0.5, 0.6) is 0 Å². The van der Waals surface area contributed by atoms with Crippen LogP contribution < -0.4 is 16.0 Å². The van der Waals surface area contributed by atoms with Crippen molar-refractivity contribution in [3.63, 3.8) is 0 Å². The minimum atomic E-state index is -1.07. The van der Waals surface area contributed by atoms with Crippen LogP contribution in [0.15, 0.2) is 24.3 Å². The van der Waals surface area contributed by atoms with Crippen molar-refractivity contribution in [3.8, 4) is 0 Å². The lowest BCUT2D eigenvalue weighted by molar-refractivity contribution is -0.118. The first-order valence-corrected chi connectivity index (χ1v) is 10.8. The van der Waals surface area contributed by atoms with Gasteiger partial charge < -0.3 is 30.5 Å². The third kappa shape index (κ3) is 12.4.